The Balaban J connectivity index is 3.06. The third kappa shape index (κ3) is 2.39. The molecule has 0 aliphatic rings. The van der Waals surface area contributed by atoms with E-state index in [-0.39, 0.29) is 0 Å². The molecule has 1 aromatic carbocycles. The predicted octanol–water partition coefficient (Wildman–Crippen LogP) is 1.23. The molecule has 0 saturated carbocycles. The summed E-state index contributed by atoms with van der Waals surface area (Å²) >= 11 is 6.02. The molecule has 0 amide bonds. The zero-order valence-corrected chi connectivity index (χ0v) is 8.84. The number of hydrogen-bond donors (Lipinski definition) is 1. The fraction of sp³-hybridized carbons (Fsp3) is 0.333. The molecule has 0 aliphatic heterocycles. The fourth-order valence-electron chi connectivity index (χ4n) is 1.15. The number of nitrogens with zero attached hydrogens (tertiary/aromatic N) is 1. The van der Waals surface area contributed by atoms with E-state index in [9.17, 15) is 5.02 Å². The van der Waals surface area contributed by atoms with Crippen LogP contribution in [0, 0.1) is 0 Å². The predicted molar refractivity (Wildman–Crippen MR) is 59.2 cm³/mol. The largest absolute Gasteiger partial charge is 0.447 e. The molecule has 0 unspecified atom stereocenters. The number of rotatable bonds is 2. The summed E-state index contributed by atoms with van der Waals surface area (Å²) in [4.78, 5) is 1.94. The monoisotopic (exact) mass is 197 g/mol. The molecule has 1 aromatic rings. The van der Waals surface area contributed by atoms with Gasteiger partial charge in [0, 0.05) is 14.1 Å². The van der Waals surface area contributed by atoms with Gasteiger partial charge in [-0.1, -0.05) is 24.5 Å². The summed E-state index contributed by atoms with van der Waals surface area (Å²) in [6, 6.07) is 5.58. The lowest BCUT2D eigenvalue weighted by atomic mass is 9.64. The van der Waals surface area contributed by atoms with Gasteiger partial charge in [-0.15, -0.1) is 0 Å². The quantitative estimate of drug-likeness (QED) is 0.721. The molecule has 0 heterocycles. The van der Waals surface area contributed by atoms with Crippen molar-refractivity contribution in [2.75, 3.05) is 19.0 Å². The summed E-state index contributed by atoms with van der Waals surface area (Å²) in [6.45, 7) is 1.26. The molecule has 0 aliphatic carbocycles. The number of anilines is 1. The van der Waals surface area contributed by atoms with E-state index in [2.05, 4.69) is 0 Å². The average molecular weight is 197 g/mol. The molecule has 0 aromatic heterocycles. The Morgan fingerprint density at radius 2 is 2.00 bits per heavy atom. The first-order chi connectivity index (χ1) is 6.02. The summed E-state index contributed by atoms with van der Waals surface area (Å²) < 4.78 is 0. The Labute approximate surface area is 84.2 Å². The Morgan fingerprint density at radius 3 is 2.38 bits per heavy atom. The molecule has 0 radical (unpaired) electrons. The van der Waals surface area contributed by atoms with Gasteiger partial charge in [-0.25, -0.2) is 0 Å². The lowest BCUT2D eigenvalue weighted by Gasteiger charge is -2.15. The van der Waals surface area contributed by atoms with Crippen LogP contribution in [0.5, 0.6) is 0 Å². The minimum absolute atomic E-state index is 0.464. The van der Waals surface area contributed by atoms with Crippen molar-refractivity contribution in [3.8, 4) is 0 Å². The van der Waals surface area contributed by atoms with E-state index in [0.29, 0.717) is 5.02 Å². The SMILES string of the molecule is CB(O)c1ccc(N(C)C)c(Cl)c1. The van der Waals surface area contributed by atoms with E-state index in [1.165, 1.54) is 0 Å². The summed E-state index contributed by atoms with van der Waals surface area (Å²) in [6.07, 6.45) is 0. The molecule has 13 heavy (non-hydrogen) atoms. The summed E-state index contributed by atoms with van der Waals surface area (Å²) in [5.41, 5.74) is 1.81. The van der Waals surface area contributed by atoms with Crippen molar-refractivity contribution in [2.24, 2.45) is 0 Å². The van der Waals surface area contributed by atoms with Crippen molar-refractivity contribution in [2.45, 2.75) is 6.82 Å². The van der Waals surface area contributed by atoms with Gasteiger partial charge >= 0.3 is 6.92 Å². The Bertz CT molecular complexity index is 302. The van der Waals surface area contributed by atoms with Crippen molar-refractivity contribution in [3.63, 3.8) is 0 Å². The maximum atomic E-state index is 9.31. The summed E-state index contributed by atoms with van der Waals surface area (Å²) in [5.74, 6) is 0. The Hall–Kier alpha value is -0.665. The highest BCUT2D eigenvalue weighted by atomic mass is 35.5. The van der Waals surface area contributed by atoms with Crippen LogP contribution in [0.4, 0.5) is 5.69 Å². The van der Waals surface area contributed by atoms with Gasteiger partial charge in [0.2, 0.25) is 0 Å². The molecule has 1 N–H and O–H groups in total. The maximum absolute atomic E-state index is 9.31. The molecule has 0 spiro atoms. The lowest BCUT2D eigenvalue weighted by molar-refractivity contribution is 0.594. The van der Waals surface area contributed by atoms with Crippen molar-refractivity contribution in [3.05, 3.63) is 23.2 Å². The average Bonchev–Trinajstić information content (AvgIpc) is 2.03. The van der Waals surface area contributed by atoms with Gasteiger partial charge in [-0.3, -0.25) is 0 Å². The summed E-state index contributed by atoms with van der Waals surface area (Å²) in [7, 11) is 3.87. The third-order valence-electron chi connectivity index (χ3n) is 1.94. The van der Waals surface area contributed by atoms with E-state index in [1.807, 2.05) is 31.1 Å². The standard InChI is InChI=1S/C9H13BClNO/c1-10(13)7-4-5-9(12(2)3)8(11)6-7/h4-6,13H,1-3H3. The van der Waals surface area contributed by atoms with Crippen molar-refractivity contribution >= 4 is 29.7 Å². The highest BCUT2D eigenvalue weighted by Crippen LogP contribution is 2.22. The second-order valence-electron chi connectivity index (χ2n) is 3.28. The smallest absolute Gasteiger partial charge is 0.320 e. The van der Waals surface area contributed by atoms with E-state index >= 15 is 0 Å². The normalized spacial score (nSPS) is 9.92. The van der Waals surface area contributed by atoms with Crippen molar-refractivity contribution in [1.82, 2.24) is 0 Å². The Kier molecular flexibility index (Phi) is 3.23. The number of benzene rings is 1. The maximum Gasteiger partial charge on any atom is 0.320 e. The molecule has 2 nitrogen and oxygen atoms in total. The first-order valence-corrected chi connectivity index (χ1v) is 4.55. The third-order valence-corrected chi connectivity index (χ3v) is 2.24. The van der Waals surface area contributed by atoms with Crippen LogP contribution in [-0.2, 0) is 0 Å². The van der Waals surface area contributed by atoms with Gasteiger partial charge in [0.15, 0.2) is 0 Å². The van der Waals surface area contributed by atoms with Gasteiger partial charge in [0.05, 0.1) is 10.7 Å². The van der Waals surface area contributed by atoms with E-state index in [4.69, 9.17) is 11.6 Å². The van der Waals surface area contributed by atoms with E-state index in [0.717, 1.165) is 11.2 Å². The lowest BCUT2D eigenvalue weighted by Crippen LogP contribution is -2.26. The van der Waals surface area contributed by atoms with Gasteiger partial charge in [-0.2, -0.15) is 0 Å². The topological polar surface area (TPSA) is 23.5 Å². The molecule has 70 valence electrons. The highest BCUT2D eigenvalue weighted by Gasteiger charge is 2.09. The van der Waals surface area contributed by atoms with Gasteiger partial charge in [-0.05, 0) is 17.6 Å². The zero-order valence-electron chi connectivity index (χ0n) is 8.08. The first kappa shape index (κ1) is 10.4. The molecule has 0 atom stereocenters. The van der Waals surface area contributed by atoms with Crippen LogP contribution >= 0.6 is 11.6 Å². The van der Waals surface area contributed by atoms with Gasteiger partial charge in [0.25, 0.3) is 0 Å². The van der Waals surface area contributed by atoms with Crippen LogP contribution in [0.15, 0.2) is 18.2 Å². The molecule has 0 saturated heterocycles. The van der Waals surface area contributed by atoms with E-state index < -0.39 is 6.92 Å². The van der Waals surface area contributed by atoms with Crippen LogP contribution in [0.1, 0.15) is 0 Å². The molecular weight excluding hydrogens is 184 g/mol. The molecule has 0 fully saturated rings. The van der Waals surface area contributed by atoms with Crippen LogP contribution in [0.2, 0.25) is 11.8 Å². The highest BCUT2D eigenvalue weighted by molar-refractivity contribution is 6.65. The van der Waals surface area contributed by atoms with Crippen molar-refractivity contribution in [1.29, 1.82) is 0 Å². The molecule has 1 rings (SSSR count). The van der Waals surface area contributed by atoms with Crippen LogP contribution in [0.25, 0.3) is 0 Å². The van der Waals surface area contributed by atoms with Gasteiger partial charge in [0.1, 0.15) is 0 Å². The fourth-order valence-corrected chi connectivity index (χ4v) is 1.50. The zero-order chi connectivity index (χ0) is 10.0. The molecule has 4 heteroatoms. The van der Waals surface area contributed by atoms with Gasteiger partial charge < -0.3 is 9.92 Å². The minimum Gasteiger partial charge on any atom is -0.447 e. The molecular formula is C9H13BClNO. The first-order valence-electron chi connectivity index (χ1n) is 4.17. The number of hydrogen-bond acceptors (Lipinski definition) is 2. The number of halogens is 1. The van der Waals surface area contributed by atoms with Crippen molar-refractivity contribution < 1.29 is 5.02 Å². The van der Waals surface area contributed by atoms with E-state index in [1.54, 1.807) is 12.9 Å². The molecule has 0 bridgehead atoms. The second-order valence-corrected chi connectivity index (χ2v) is 3.69. The minimum atomic E-state index is -0.464. The second kappa shape index (κ2) is 4.03. The summed E-state index contributed by atoms with van der Waals surface area (Å²) in [5, 5.41) is 9.98. The van der Waals surface area contributed by atoms with Crippen LogP contribution < -0.4 is 10.4 Å². The van der Waals surface area contributed by atoms with Crippen LogP contribution in [0.3, 0.4) is 0 Å². The van der Waals surface area contributed by atoms with Crippen LogP contribution in [-0.4, -0.2) is 26.0 Å². The Morgan fingerprint density at radius 1 is 1.38 bits per heavy atom.